The number of amides is 1. The zero-order valence-electron chi connectivity index (χ0n) is 14.2. The lowest BCUT2D eigenvalue weighted by atomic mass is 9.94. The zero-order chi connectivity index (χ0) is 16.7. The van der Waals surface area contributed by atoms with Gasteiger partial charge in [0.05, 0.1) is 0 Å². The second-order valence-electron chi connectivity index (χ2n) is 7.09. The van der Waals surface area contributed by atoms with Gasteiger partial charge in [-0.3, -0.25) is 4.79 Å². The van der Waals surface area contributed by atoms with Crippen LogP contribution in [0.15, 0.2) is 24.3 Å². The largest absolute Gasteiger partial charge is 0.399 e. The Labute approximate surface area is 143 Å². The molecule has 3 N–H and O–H groups in total. The molecule has 0 saturated heterocycles. The predicted molar refractivity (Wildman–Crippen MR) is 97.3 cm³/mol. The highest BCUT2D eigenvalue weighted by Crippen LogP contribution is 2.35. The Balaban J connectivity index is 1.61. The van der Waals surface area contributed by atoms with Gasteiger partial charge in [0.25, 0.3) is 5.91 Å². The quantitative estimate of drug-likeness (QED) is 0.851. The second-order valence-corrected chi connectivity index (χ2v) is 7.09. The number of fused-ring (bicyclic) bond motifs is 2. The van der Waals surface area contributed by atoms with E-state index in [1.807, 2.05) is 19.1 Å². The smallest absolute Gasteiger partial charge is 0.251 e. The second kappa shape index (κ2) is 5.97. The summed E-state index contributed by atoms with van der Waals surface area (Å²) in [4.78, 5) is 12.6. The summed E-state index contributed by atoms with van der Waals surface area (Å²) in [5.41, 5.74) is 15.5. The van der Waals surface area contributed by atoms with Crippen molar-refractivity contribution in [2.24, 2.45) is 0 Å². The Bertz CT molecular complexity index is 791. The van der Waals surface area contributed by atoms with E-state index in [0.717, 1.165) is 18.4 Å². The van der Waals surface area contributed by atoms with Crippen molar-refractivity contribution in [1.82, 2.24) is 5.32 Å². The van der Waals surface area contributed by atoms with Crippen molar-refractivity contribution in [2.45, 2.75) is 52.0 Å². The standard InChI is InChI=1S/C21H24N2O/c1-13-8-9-16(22)11-19(13)21(24)23-12-20-17-6-2-4-14(17)10-15-5-3-7-18(15)20/h8-11H,2-7,12,22H2,1H3,(H,23,24). The van der Waals surface area contributed by atoms with E-state index < -0.39 is 0 Å². The minimum Gasteiger partial charge on any atom is -0.399 e. The molecule has 0 fully saturated rings. The van der Waals surface area contributed by atoms with E-state index in [0.29, 0.717) is 17.8 Å². The van der Waals surface area contributed by atoms with Gasteiger partial charge in [0.2, 0.25) is 0 Å². The van der Waals surface area contributed by atoms with Gasteiger partial charge in [-0.25, -0.2) is 0 Å². The number of benzene rings is 2. The summed E-state index contributed by atoms with van der Waals surface area (Å²) in [6.07, 6.45) is 7.19. The average molecular weight is 320 g/mol. The van der Waals surface area contributed by atoms with Gasteiger partial charge in [-0.15, -0.1) is 0 Å². The number of anilines is 1. The van der Waals surface area contributed by atoms with Crippen LogP contribution in [0.4, 0.5) is 5.69 Å². The number of nitrogens with two attached hydrogens (primary N) is 1. The van der Waals surface area contributed by atoms with Crippen molar-refractivity contribution in [1.29, 1.82) is 0 Å². The zero-order valence-corrected chi connectivity index (χ0v) is 14.2. The molecule has 0 saturated carbocycles. The van der Waals surface area contributed by atoms with E-state index in [2.05, 4.69) is 11.4 Å². The summed E-state index contributed by atoms with van der Waals surface area (Å²) in [6.45, 7) is 2.59. The minimum absolute atomic E-state index is 0.0258. The van der Waals surface area contributed by atoms with E-state index in [4.69, 9.17) is 5.73 Å². The first-order chi connectivity index (χ1) is 11.6. The Kier molecular flexibility index (Phi) is 3.79. The molecule has 3 nitrogen and oxygen atoms in total. The molecule has 1 amide bonds. The van der Waals surface area contributed by atoms with Crippen LogP contribution < -0.4 is 11.1 Å². The van der Waals surface area contributed by atoms with Gasteiger partial charge in [0.15, 0.2) is 0 Å². The SMILES string of the molecule is Cc1ccc(N)cc1C(=O)NCc1c2c(cc3c1CCC3)CCC2. The summed E-state index contributed by atoms with van der Waals surface area (Å²) in [5, 5.41) is 3.15. The minimum atomic E-state index is -0.0258. The molecule has 2 aliphatic carbocycles. The molecular formula is C21H24N2O. The first-order valence-electron chi connectivity index (χ1n) is 8.93. The Morgan fingerprint density at radius 1 is 1.04 bits per heavy atom. The number of carbonyl (C=O) groups excluding carboxylic acids is 1. The van der Waals surface area contributed by atoms with Gasteiger partial charge in [0.1, 0.15) is 0 Å². The van der Waals surface area contributed by atoms with Gasteiger partial charge in [-0.1, -0.05) is 12.1 Å². The van der Waals surface area contributed by atoms with E-state index >= 15 is 0 Å². The molecule has 0 spiro atoms. The third-order valence-electron chi connectivity index (χ3n) is 5.53. The molecule has 2 aromatic rings. The summed E-state index contributed by atoms with van der Waals surface area (Å²) >= 11 is 0. The fourth-order valence-corrected chi connectivity index (χ4v) is 4.30. The highest BCUT2D eigenvalue weighted by Gasteiger charge is 2.24. The number of carbonyl (C=O) groups is 1. The first kappa shape index (κ1) is 15.3. The van der Waals surface area contributed by atoms with Crippen LogP contribution in [0.1, 0.15) is 56.6 Å². The average Bonchev–Trinajstić information content (AvgIpc) is 3.22. The fourth-order valence-electron chi connectivity index (χ4n) is 4.30. The van der Waals surface area contributed by atoms with Crippen molar-refractivity contribution in [3.63, 3.8) is 0 Å². The van der Waals surface area contributed by atoms with E-state index in [1.54, 1.807) is 6.07 Å². The number of aryl methyl sites for hydroxylation is 3. The molecule has 0 atom stereocenters. The molecule has 0 bridgehead atoms. The maximum absolute atomic E-state index is 12.6. The molecule has 2 aromatic carbocycles. The van der Waals surface area contributed by atoms with Crippen molar-refractivity contribution in [3.05, 3.63) is 63.2 Å². The number of nitrogens with one attached hydrogen (secondary N) is 1. The molecule has 2 aliphatic rings. The summed E-state index contributed by atoms with van der Waals surface area (Å²) < 4.78 is 0. The molecule has 0 aliphatic heterocycles. The van der Waals surface area contributed by atoms with Crippen molar-refractivity contribution < 1.29 is 4.79 Å². The predicted octanol–water partition coefficient (Wildman–Crippen LogP) is 3.48. The van der Waals surface area contributed by atoms with Gasteiger partial charge in [-0.2, -0.15) is 0 Å². The van der Waals surface area contributed by atoms with Crippen LogP contribution in [0.5, 0.6) is 0 Å². The van der Waals surface area contributed by atoms with Crippen LogP contribution in [0, 0.1) is 6.92 Å². The molecular weight excluding hydrogens is 296 g/mol. The molecule has 124 valence electrons. The van der Waals surface area contributed by atoms with Crippen molar-refractivity contribution in [2.75, 3.05) is 5.73 Å². The molecule has 0 aromatic heterocycles. The number of hydrogen-bond donors (Lipinski definition) is 2. The monoisotopic (exact) mass is 320 g/mol. The Morgan fingerprint density at radius 2 is 1.71 bits per heavy atom. The number of rotatable bonds is 3. The van der Waals surface area contributed by atoms with Crippen LogP contribution in [-0.4, -0.2) is 5.91 Å². The van der Waals surface area contributed by atoms with Crippen molar-refractivity contribution >= 4 is 11.6 Å². The lowest BCUT2D eigenvalue weighted by Gasteiger charge is -2.16. The molecule has 0 unspecified atom stereocenters. The summed E-state index contributed by atoms with van der Waals surface area (Å²) in [6, 6.07) is 7.94. The highest BCUT2D eigenvalue weighted by atomic mass is 16.1. The number of hydrogen-bond acceptors (Lipinski definition) is 2. The lowest BCUT2D eigenvalue weighted by molar-refractivity contribution is 0.0950. The fraction of sp³-hybridized carbons (Fsp3) is 0.381. The van der Waals surface area contributed by atoms with E-state index in [-0.39, 0.29) is 5.91 Å². The summed E-state index contributed by atoms with van der Waals surface area (Å²) in [7, 11) is 0. The van der Waals surface area contributed by atoms with Crippen LogP contribution in [0.3, 0.4) is 0 Å². The van der Waals surface area contributed by atoms with Gasteiger partial charge < -0.3 is 11.1 Å². The van der Waals surface area contributed by atoms with E-state index in [9.17, 15) is 4.79 Å². The Hall–Kier alpha value is -2.29. The highest BCUT2D eigenvalue weighted by molar-refractivity contribution is 5.96. The van der Waals surface area contributed by atoms with Crippen LogP contribution >= 0.6 is 0 Å². The summed E-state index contributed by atoms with van der Waals surface area (Å²) in [5.74, 6) is -0.0258. The van der Waals surface area contributed by atoms with Crippen LogP contribution in [-0.2, 0) is 32.2 Å². The van der Waals surface area contributed by atoms with Gasteiger partial charge >= 0.3 is 0 Å². The number of nitrogen functional groups attached to an aromatic ring is 1. The lowest BCUT2D eigenvalue weighted by Crippen LogP contribution is -2.25. The Morgan fingerprint density at radius 3 is 2.38 bits per heavy atom. The molecule has 0 radical (unpaired) electrons. The van der Waals surface area contributed by atoms with Gasteiger partial charge in [0, 0.05) is 17.8 Å². The normalized spacial score (nSPS) is 15.2. The first-order valence-corrected chi connectivity index (χ1v) is 8.93. The maximum atomic E-state index is 12.6. The molecule has 24 heavy (non-hydrogen) atoms. The van der Waals surface area contributed by atoms with Crippen molar-refractivity contribution in [3.8, 4) is 0 Å². The topological polar surface area (TPSA) is 55.1 Å². The van der Waals surface area contributed by atoms with Gasteiger partial charge in [-0.05, 0) is 91.0 Å². The molecule has 4 rings (SSSR count). The third kappa shape index (κ3) is 2.58. The van der Waals surface area contributed by atoms with Crippen LogP contribution in [0.2, 0.25) is 0 Å². The third-order valence-corrected chi connectivity index (χ3v) is 5.53. The maximum Gasteiger partial charge on any atom is 0.251 e. The molecule has 0 heterocycles. The van der Waals surface area contributed by atoms with Crippen LogP contribution in [0.25, 0.3) is 0 Å². The van der Waals surface area contributed by atoms with E-state index in [1.165, 1.54) is 53.5 Å². The molecule has 3 heteroatoms.